The maximum absolute atomic E-state index is 5.88. The number of hydrogen-bond acceptors (Lipinski definition) is 3. The van der Waals surface area contributed by atoms with Crippen LogP contribution in [0.5, 0.6) is 5.88 Å². The van der Waals surface area contributed by atoms with Gasteiger partial charge in [-0.3, -0.25) is 0 Å². The Hall–Kier alpha value is -1.05. The molecule has 3 N–H and O–H groups in total. The highest BCUT2D eigenvalue weighted by Gasteiger charge is 2.17. The van der Waals surface area contributed by atoms with Gasteiger partial charge in [0.25, 0.3) is 0 Å². The van der Waals surface area contributed by atoms with Gasteiger partial charge in [-0.25, -0.2) is 9.98 Å². The Morgan fingerprint density at radius 2 is 2.00 bits per heavy atom. The molecule has 0 radical (unpaired) electrons. The predicted octanol–water partition coefficient (Wildman–Crippen LogP) is 3.23. The maximum atomic E-state index is 5.88. The first-order chi connectivity index (χ1) is 10.8. The predicted molar refractivity (Wildman–Crippen MR) is 103 cm³/mol. The van der Waals surface area contributed by atoms with Crippen molar-refractivity contribution < 1.29 is 4.74 Å². The highest BCUT2D eigenvalue weighted by Crippen LogP contribution is 2.25. The van der Waals surface area contributed by atoms with Gasteiger partial charge in [0.1, 0.15) is 6.10 Å². The lowest BCUT2D eigenvalue weighted by Gasteiger charge is -2.25. The average molecular weight is 430 g/mol. The second-order valence-electron chi connectivity index (χ2n) is 6.41. The highest BCUT2D eigenvalue weighted by atomic mass is 127. The first-order valence-electron chi connectivity index (χ1n) is 8.45. The molecule has 0 amide bonds. The van der Waals surface area contributed by atoms with Crippen LogP contribution >= 0.6 is 24.0 Å². The molecule has 0 aliphatic heterocycles. The quantitative estimate of drug-likeness (QED) is 0.413. The van der Waals surface area contributed by atoms with Crippen LogP contribution in [0.2, 0.25) is 0 Å². The summed E-state index contributed by atoms with van der Waals surface area (Å²) in [6, 6.07) is 3.95. The zero-order valence-corrected chi connectivity index (χ0v) is 15.9. The van der Waals surface area contributed by atoms with Gasteiger partial charge in [0.05, 0.1) is 6.54 Å². The number of aliphatic imine (C=N–C) groups is 1. The summed E-state index contributed by atoms with van der Waals surface area (Å²) >= 11 is 0. The van der Waals surface area contributed by atoms with E-state index >= 15 is 0 Å². The third kappa shape index (κ3) is 5.82. The third-order valence-corrected chi connectivity index (χ3v) is 4.62. The fourth-order valence-corrected chi connectivity index (χ4v) is 2.93. The van der Waals surface area contributed by atoms with Gasteiger partial charge in [0.2, 0.25) is 5.88 Å². The molecule has 0 atom stereocenters. The molecule has 2 aliphatic carbocycles. The van der Waals surface area contributed by atoms with Gasteiger partial charge < -0.3 is 15.8 Å². The molecule has 0 unspecified atom stereocenters. The van der Waals surface area contributed by atoms with E-state index in [1.807, 2.05) is 18.3 Å². The SMILES string of the molecule is I.NC(=NCc1ccc(OC2CCCC2)nc1)NCC1CCC1. The molecule has 1 aromatic rings. The van der Waals surface area contributed by atoms with E-state index < -0.39 is 0 Å². The molecule has 2 fully saturated rings. The number of nitrogens with one attached hydrogen (secondary N) is 1. The number of halogens is 1. The molecule has 128 valence electrons. The molecule has 0 bridgehead atoms. The van der Waals surface area contributed by atoms with E-state index in [1.54, 1.807) is 0 Å². The molecule has 2 saturated carbocycles. The third-order valence-electron chi connectivity index (χ3n) is 4.62. The summed E-state index contributed by atoms with van der Waals surface area (Å²) in [6.45, 7) is 1.50. The number of rotatable bonds is 6. The van der Waals surface area contributed by atoms with Gasteiger partial charge >= 0.3 is 0 Å². The van der Waals surface area contributed by atoms with Crippen LogP contribution in [0, 0.1) is 5.92 Å². The van der Waals surface area contributed by atoms with Gasteiger partial charge in [-0.1, -0.05) is 12.5 Å². The zero-order valence-electron chi connectivity index (χ0n) is 13.5. The van der Waals surface area contributed by atoms with Crippen LogP contribution < -0.4 is 15.8 Å². The standard InChI is InChI=1S/C17H26N4O.HI/c18-17(20-10-13-4-3-5-13)21-12-14-8-9-16(19-11-14)22-15-6-1-2-7-15;/h8-9,11,13,15H,1-7,10,12H2,(H3,18,20,21);1H. The minimum Gasteiger partial charge on any atom is -0.474 e. The van der Waals surface area contributed by atoms with Crippen molar-refractivity contribution in [2.45, 2.75) is 57.6 Å². The second-order valence-corrected chi connectivity index (χ2v) is 6.41. The second kappa shape index (κ2) is 9.30. The largest absolute Gasteiger partial charge is 0.474 e. The Balaban J connectivity index is 0.00000192. The van der Waals surface area contributed by atoms with E-state index in [0.717, 1.165) is 36.7 Å². The molecular formula is C17H27IN4O. The number of hydrogen-bond donors (Lipinski definition) is 2. The normalized spacial score (nSPS) is 19.0. The summed E-state index contributed by atoms with van der Waals surface area (Å²) < 4.78 is 5.86. The van der Waals surface area contributed by atoms with E-state index in [4.69, 9.17) is 10.5 Å². The van der Waals surface area contributed by atoms with Crippen LogP contribution in [0.4, 0.5) is 0 Å². The number of aromatic nitrogens is 1. The van der Waals surface area contributed by atoms with Crippen LogP contribution in [0.25, 0.3) is 0 Å². The fraction of sp³-hybridized carbons (Fsp3) is 0.647. The van der Waals surface area contributed by atoms with Crippen molar-refractivity contribution >= 4 is 29.9 Å². The Kier molecular flexibility index (Phi) is 7.39. The molecule has 23 heavy (non-hydrogen) atoms. The monoisotopic (exact) mass is 430 g/mol. The average Bonchev–Trinajstić information content (AvgIpc) is 2.98. The Bertz CT molecular complexity index is 496. The van der Waals surface area contributed by atoms with Crippen molar-refractivity contribution in [1.82, 2.24) is 10.3 Å². The molecule has 1 heterocycles. The summed E-state index contributed by atoms with van der Waals surface area (Å²) in [4.78, 5) is 8.72. The number of ether oxygens (including phenoxy) is 1. The molecule has 0 spiro atoms. The van der Waals surface area contributed by atoms with Crippen LogP contribution in [-0.4, -0.2) is 23.6 Å². The number of guanidine groups is 1. The lowest BCUT2D eigenvalue weighted by atomic mass is 9.85. The minimum atomic E-state index is 0. The molecule has 0 aromatic carbocycles. The van der Waals surface area contributed by atoms with Crippen molar-refractivity contribution in [1.29, 1.82) is 0 Å². The van der Waals surface area contributed by atoms with Gasteiger partial charge in [-0.05, 0) is 50.0 Å². The molecule has 0 saturated heterocycles. The maximum Gasteiger partial charge on any atom is 0.213 e. The van der Waals surface area contributed by atoms with Crippen molar-refractivity contribution in [3.63, 3.8) is 0 Å². The molecule has 5 nitrogen and oxygen atoms in total. The summed E-state index contributed by atoms with van der Waals surface area (Å²) in [5, 5.41) is 3.20. The first kappa shape index (κ1) is 18.3. The Morgan fingerprint density at radius 3 is 2.61 bits per heavy atom. The molecule has 2 aliphatic rings. The van der Waals surface area contributed by atoms with Gasteiger partial charge in [0, 0.05) is 18.8 Å². The smallest absolute Gasteiger partial charge is 0.213 e. The van der Waals surface area contributed by atoms with E-state index in [0.29, 0.717) is 18.6 Å². The van der Waals surface area contributed by atoms with Crippen LogP contribution in [0.3, 0.4) is 0 Å². The number of pyridine rings is 1. The summed E-state index contributed by atoms with van der Waals surface area (Å²) in [5.74, 6) is 2.02. The van der Waals surface area contributed by atoms with Crippen LogP contribution in [0.1, 0.15) is 50.5 Å². The summed E-state index contributed by atoms with van der Waals surface area (Å²) in [5.41, 5.74) is 6.93. The summed E-state index contributed by atoms with van der Waals surface area (Å²) in [6.07, 6.45) is 11.0. The van der Waals surface area contributed by atoms with E-state index in [2.05, 4.69) is 15.3 Å². The minimum absolute atomic E-state index is 0. The van der Waals surface area contributed by atoms with Gasteiger partial charge in [-0.15, -0.1) is 24.0 Å². The molecule has 3 rings (SSSR count). The van der Waals surface area contributed by atoms with Crippen molar-refractivity contribution in [2.75, 3.05) is 6.54 Å². The first-order valence-corrected chi connectivity index (χ1v) is 8.45. The Morgan fingerprint density at radius 1 is 1.22 bits per heavy atom. The summed E-state index contributed by atoms with van der Waals surface area (Å²) in [7, 11) is 0. The lowest BCUT2D eigenvalue weighted by Crippen LogP contribution is -2.37. The topological polar surface area (TPSA) is 72.5 Å². The van der Waals surface area contributed by atoms with Crippen molar-refractivity contribution in [3.8, 4) is 5.88 Å². The van der Waals surface area contributed by atoms with Crippen LogP contribution in [0.15, 0.2) is 23.3 Å². The number of nitrogens with zero attached hydrogens (tertiary/aromatic N) is 2. The molecular weight excluding hydrogens is 403 g/mol. The van der Waals surface area contributed by atoms with Crippen molar-refractivity contribution in [2.24, 2.45) is 16.6 Å². The van der Waals surface area contributed by atoms with E-state index in [9.17, 15) is 0 Å². The zero-order chi connectivity index (χ0) is 15.2. The molecule has 6 heteroatoms. The molecule has 1 aromatic heterocycles. The van der Waals surface area contributed by atoms with Gasteiger partial charge in [0.15, 0.2) is 5.96 Å². The lowest BCUT2D eigenvalue weighted by molar-refractivity contribution is 0.201. The van der Waals surface area contributed by atoms with E-state index in [1.165, 1.54) is 32.1 Å². The van der Waals surface area contributed by atoms with E-state index in [-0.39, 0.29) is 24.0 Å². The van der Waals surface area contributed by atoms with Gasteiger partial charge in [-0.2, -0.15) is 0 Å². The Labute approximate surface area is 155 Å². The fourth-order valence-electron chi connectivity index (χ4n) is 2.93. The number of nitrogens with two attached hydrogens (primary N) is 1. The highest BCUT2D eigenvalue weighted by molar-refractivity contribution is 14.0. The van der Waals surface area contributed by atoms with Crippen molar-refractivity contribution in [3.05, 3.63) is 23.9 Å². The van der Waals surface area contributed by atoms with Crippen LogP contribution in [-0.2, 0) is 6.54 Å².